The Morgan fingerprint density at radius 2 is 1.56 bits per heavy atom. The summed E-state index contributed by atoms with van der Waals surface area (Å²) in [5, 5.41) is 0. The number of para-hydroxylation sites is 1. The molecule has 0 atom stereocenters. The van der Waals surface area contributed by atoms with Gasteiger partial charge in [0, 0.05) is 0 Å². The van der Waals surface area contributed by atoms with E-state index in [9.17, 15) is 0 Å². The van der Waals surface area contributed by atoms with E-state index in [1.807, 2.05) is 0 Å². The lowest BCUT2D eigenvalue weighted by Gasteiger charge is -2.12. The quantitative estimate of drug-likeness (QED) is 0.314. The molecule has 0 aromatic heterocycles. The molecule has 0 radical (unpaired) electrons. The number of rotatable bonds is 14. The standard InChI is InChI=1S/C24H40O/c1-2-3-4-5-9-18-23-19-12-13-20-24(23)25-21-14-7-6-8-15-22-16-10-11-17-22/h12-13,19-20,22H,2-11,14-18,21H2,1H3. The van der Waals surface area contributed by atoms with Gasteiger partial charge in [-0.3, -0.25) is 0 Å². The lowest BCUT2D eigenvalue weighted by atomic mass is 9.99. The molecule has 142 valence electrons. The molecule has 1 nitrogen and oxygen atoms in total. The average molecular weight is 345 g/mol. The second-order valence-electron chi connectivity index (χ2n) is 7.97. The lowest BCUT2D eigenvalue weighted by molar-refractivity contribution is 0.300. The minimum absolute atomic E-state index is 0.885. The third-order valence-electron chi connectivity index (χ3n) is 5.76. The minimum Gasteiger partial charge on any atom is -0.493 e. The number of ether oxygens (including phenoxy) is 1. The number of unbranched alkanes of at least 4 members (excludes halogenated alkanes) is 7. The Balaban J connectivity index is 1.53. The Bertz CT molecular complexity index is 433. The Labute approximate surface area is 156 Å². The highest BCUT2D eigenvalue weighted by atomic mass is 16.5. The summed E-state index contributed by atoms with van der Waals surface area (Å²) in [4.78, 5) is 0. The first kappa shape index (κ1) is 20.3. The van der Waals surface area contributed by atoms with Crippen molar-refractivity contribution in [3.63, 3.8) is 0 Å². The van der Waals surface area contributed by atoms with Gasteiger partial charge in [-0.25, -0.2) is 0 Å². The van der Waals surface area contributed by atoms with E-state index in [4.69, 9.17) is 4.74 Å². The first-order valence-corrected chi connectivity index (χ1v) is 11.1. The largest absolute Gasteiger partial charge is 0.493 e. The molecule has 25 heavy (non-hydrogen) atoms. The van der Waals surface area contributed by atoms with Gasteiger partial charge in [-0.05, 0) is 36.8 Å². The Morgan fingerprint density at radius 3 is 2.40 bits per heavy atom. The van der Waals surface area contributed by atoms with E-state index < -0.39 is 0 Å². The van der Waals surface area contributed by atoms with Gasteiger partial charge in [-0.1, -0.05) is 102 Å². The molecular formula is C24H40O. The van der Waals surface area contributed by atoms with Gasteiger partial charge in [0.05, 0.1) is 6.61 Å². The van der Waals surface area contributed by atoms with Crippen molar-refractivity contribution in [2.75, 3.05) is 6.61 Å². The molecule has 1 aliphatic carbocycles. The minimum atomic E-state index is 0.885. The van der Waals surface area contributed by atoms with Crippen molar-refractivity contribution in [1.29, 1.82) is 0 Å². The molecule has 1 aromatic rings. The van der Waals surface area contributed by atoms with Crippen molar-refractivity contribution in [3.05, 3.63) is 29.8 Å². The molecule has 1 aliphatic rings. The van der Waals surface area contributed by atoms with Crippen LogP contribution in [0.4, 0.5) is 0 Å². The summed E-state index contributed by atoms with van der Waals surface area (Å²) in [7, 11) is 0. The molecule has 1 aromatic carbocycles. The van der Waals surface area contributed by atoms with Crippen LogP contribution >= 0.6 is 0 Å². The Hall–Kier alpha value is -0.980. The second-order valence-corrected chi connectivity index (χ2v) is 7.97. The number of aryl methyl sites for hydroxylation is 1. The van der Waals surface area contributed by atoms with Gasteiger partial charge in [0.25, 0.3) is 0 Å². The molecule has 0 spiro atoms. The zero-order valence-corrected chi connectivity index (χ0v) is 16.6. The van der Waals surface area contributed by atoms with Crippen molar-refractivity contribution in [2.45, 2.75) is 103 Å². The van der Waals surface area contributed by atoms with Gasteiger partial charge in [0.15, 0.2) is 0 Å². The van der Waals surface area contributed by atoms with Gasteiger partial charge in [-0.2, -0.15) is 0 Å². The summed E-state index contributed by atoms with van der Waals surface area (Å²) in [6.45, 7) is 3.16. The molecule has 0 aliphatic heterocycles. The first-order chi connectivity index (χ1) is 12.4. The van der Waals surface area contributed by atoms with Crippen LogP contribution in [0.25, 0.3) is 0 Å². The molecule has 1 heteroatoms. The maximum atomic E-state index is 6.10. The van der Waals surface area contributed by atoms with Crippen molar-refractivity contribution < 1.29 is 4.74 Å². The van der Waals surface area contributed by atoms with Crippen molar-refractivity contribution >= 4 is 0 Å². The van der Waals surface area contributed by atoms with E-state index >= 15 is 0 Å². The molecule has 1 saturated carbocycles. The van der Waals surface area contributed by atoms with Crippen LogP contribution in [0.1, 0.15) is 102 Å². The third-order valence-corrected chi connectivity index (χ3v) is 5.76. The SMILES string of the molecule is CCCCCCCc1ccccc1OCCCCCCC1CCCC1. The van der Waals surface area contributed by atoms with Crippen LogP contribution < -0.4 is 4.74 Å². The topological polar surface area (TPSA) is 9.23 Å². The van der Waals surface area contributed by atoms with Crippen molar-refractivity contribution in [1.82, 2.24) is 0 Å². The molecule has 0 saturated heterocycles. The highest BCUT2D eigenvalue weighted by molar-refractivity contribution is 5.33. The number of hydrogen-bond acceptors (Lipinski definition) is 1. The fourth-order valence-electron chi connectivity index (χ4n) is 4.14. The summed E-state index contributed by atoms with van der Waals surface area (Å²) >= 11 is 0. The van der Waals surface area contributed by atoms with E-state index in [1.54, 1.807) is 0 Å². The Morgan fingerprint density at radius 1 is 0.840 bits per heavy atom. The predicted molar refractivity (Wildman–Crippen MR) is 109 cm³/mol. The third kappa shape index (κ3) is 8.79. The van der Waals surface area contributed by atoms with E-state index in [0.717, 1.165) is 18.3 Å². The molecular weight excluding hydrogens is 304 g/mol. The average Bonchev–Trinajstić information content (AvgIpc) is 3.15. The normalized spacial score (nSPS) is 14.9. The monoisotopic (exact) mass is 344 g/mol. The van der Waals surface area contributed by atoms with Crippen LogP contribution in [-0.4, -0.2) is 6.61 Å². The van der Waals surface area contributed by atoms with Crippen LogP contribution in [0.15, 0.2) is 24.3 Å². The summed E-state index contributed by atoms with van der Waals surface area (Å²) in [5.74, 6) is 2.18. The first-order valence-electron chi connectivity index (χ1n) is 11.1. The fourth-order valence-corrected chi connectivity index (χ4v) is 4.14. The van der Waals surface area contributed by atoms with Crippen LogP contribution in [-0.2, 0) is 6.42 Å². The number of hydrogen-bond donors (Lipinski definition) is 0. The van der Waals surface area contributed by atoms with Crippen LogP contribution in [0.3, 0.4) is 0 Å². The molecule has 0 heterocycles. The molecule has 0 amide bonds. The molecule has 0 unspecified atom stereocenters. The second kappa shape index (κ2) is 13.3. The van der Waals surface area contributed by atoms with Gasteiger partial charge in [-0.15, -0.1) is 0 Å². The number of benzene rings is 1. The van der Waals surface area contributed by atoms with E-state index in [0.29, 0.717) is 0 Å². The van der Waals surface area contributed by atoms with Crippen LogP contribution in [0, 0.1) is 5.92 Å². The van der Waals surface area contributed by atoms with Gasteiger partial charge in [0.1, 0.15) is 5.75 Å². The van der Waals surface area contributed by atoms with Gasteiger partial charge in [0.2, 0.25) is 0 Å². The highest BCUT2D eigenvalue weighted by Crippen LogP contribution is 2.29. The summed E-state index contributed by atoms with van der Waals surface area (Å²) < 4.78 is 6.10. The predicted octanol–water partition coefficient (Wildman–Crippen LogP) is 7.72. The Kier molecular flexibility index (Phi) is 10.8. The zero-order valence-electron chi connectivity index (χ0n) is 16.6. The molecule has 2 rings (SSSR count). The van der Waals surface area contributed by atoms with Gasteiger partial charge < -0.3 is 4.74 Å². The van der Waals surface area contributed by atoms with Crippen LogP contribution in [0.2, 0.25) is 0 Å². The van der Waals surface area contributed by atoms with Gasteiger partial charge >= 0.3 is 0 Å². The van der Waals surface area contributed by atoms with Crippen molar-refractivity contribution in [3.8, 4) is 5.75 Å². The van der Waals surface area contributed by atoms with E-state index in [2.05, 4.69) is 31.2 Å². The van der Waals surface area contributed by atoms with E-state index in [-0.39, 0.29) is 0 Å². The van der Waals surface area contributed by atoms with Crippen molar-refractivity contribution in [2.24, 2.45) is 5.92 Å². The summed E-state index contributed by atoms with van der Waals surface area (Å²) in [6.07, 6.45) is 20.7. The van der Waals surface area contributed by atoms with Crippen LogP contribution in [0.5, 0.6) is 5.75 Å². The lowest BCUT2D eigenvalue weighted by Crippen LogP contribution is -2.01. The summed E-state index contributed by atoms with van der Waals surface area (Å²) in [6, 6.07) is 8.66. The maximum absolute atomic E-state index is 6.10. The fraction of sp³-hybridized carbons (Fsp3) is 0.750. The van der Waals surface area contributed by atoms with E-state index in [1.165, 1.54) is 102 Å². The highest BCUT2D eigenvalue weighted by Gasteiger charge is 2.13. The zero-order chi connectivity index (χ0) is 17.6. The summed E-state index contributed by atoms with van der Waals surface area (Å²) in [5.41, 5.74) is 1.40. The maximum Gasteiger partial charge on any atom is 0.122 e. The molecule has 0 bridgehead atoms. The smallest absolute Gasteiger partial charge is 0.122 e. The molecule has 1 fully saturated rings. The molecule has 0 N–H and O–H groups in total.